The zero-order valence-corrected chi connectivity index (χ0v) is 11.5. The number of amides is 1. The summed E-state index contributed by atoms with van der Waals surface area (Å²) in [6.45, 7) is 4.82. The van der Waals surface area contributed by atoms with Crippen LogP contribution >= 0.6 is 0 Å². The number of nitrogens with zero attached hydrogens (tertiary/aromatic N) is 2. The zero-order valence-electron chi connectivity index (χ0n) is 11.5. The smallest absolute Gasteiger partial charge is 0.293 e. The Morgan fingerprint density at radius 1 is 1.50 bits per heavy atom. The molecular weight excluding hydrogens is 260 g/mol. The molecule has 1 heterocycles. The molecule has 7 heteroatoms. The molecule has 2 rings (SSSR count). The van der Waals surface area contributed by atoms with Crippen LogP contribution in [0.3, 0.4) is 0 Å². The lowest BCUT2D eigenvalue weighted by Gasteiger charge is -2.21. The summed E-state index contributed by atoms with van der Waals surface area (Å²) < 4.78 is 0. The van der Waals surface area contributed by atoms with Crippen molar-refractivity contribution in [3.8, 4) is 0 Å². The normalized spacial score (nSPS) is 21.9. The molecular formula is C13H18N4O3. The van der Waals surface area contributed by atoms with Crippen LogP contribution in [0.2, 0.25) is 0 Å². The Hall–Kier alpha value is -2.15. The quantitative estimate of drug-likeness (QED) is 0.498. The van der Waals surface area contributed by atoms with Crippen molar-refractivity contribution in [3.05, 3.63) is 33.9 Å². The van der Waals surface area contributed by atoms with E-state index in [9.17, 15) is 14.9 Å². The first-order valence-corrected chi connectivity index (χ1v) is 6.50. The maximum Gasteiger partial charge on any atom is 0.293 e. The second-order valence-electron chi connectivity index (χ2n) is 5.28. The van der Waals surface area contributed by atoms with Gasteiger partial charge in [-0.15, -0.1) is 0 Å². The highest BCUT2D eigenvalue weighted by molar-refractivity contribution is 5.96. The Balaban J connectivity index is 2.29. The first-order chi connectivity index (χ1) is 9.43. The van der Waals surface area contributed by atoms with E-state index < -0.39 is 4.92 Å². The van der Waals surface area contributed by atoms with E-state index in [1.54, 1.807) is 4.90 Å². The topological polar surface area (TPSA) is 102 Å². The number of carbonyl (C=O) groups excluding carboxylic acids is 1. The second-order valence-corrected chi connectivity index (χ2v) is 5.28. The minimum Gasteiger partial charge on any atom is -0.336 e. The van der Waals surface area contributed by atoms with Gasteiger partial charge in [-0.3, -0.25) is 20.8 Å². The van der Waals surface area contributed by atoms with Gasteiger partial charge in [-0.05, 0) is 31.4 Å². The highest BCUT2D eigenvalue weighted by Gasteiger charge is 2.31. The summed E-state index contributed by atoms with van der Waals surface area (Å²) in [5, 5.41) is 10.8. The van der Waals surface area contributed by atoms with Gasteiger partial charge in [0.1, 0.15) is 5.69 Å². The number of benzene rings is 1. The van der Waals surface area contributed by atoms with E-state index in [-0.39, 0.29) is 23.3 Å². The van der Waals surface area contributed by atoms with Crippen LogP contribution in [0.4, 0.5) is 11.4 Å². The fourth-order valence-corrected chi connectivity index (χ4v) is 2.69. The Labute approximate surface area is 116 Å². The molecule has 1 amide bonds. The molecule has 3 N–H and O–H groups in total. The summed E-state index contributed by atoms with van der Waals surface area (Å²) in [5.74, 6) is 5.63. The van der Waals surface area contributed by atoms with Crippen molar-refractivity contribution in [2.45, 2.75) is 26.3 Å². The van der Waals surface area contributed by atoms with E-state index in [4.69, 9.17) is 5.84 Å². The predicted octanol–water partition coefficient (Wildman–Crippen LogP) is 1.75. The van der Waals surface area contributed by atoms with Crippen LogP contribution in [-0.4, -0.2) is 28.3 Å². The number of nitrogens with two attached hydrogens (primary N) is 1. The van der Waals surface area contributed by atoms with Crippen molar-refractivity contribution in [1.29, 1.82) is 0 Å². The number of carbonyl (C=O) groups is 1. The summed E-state index contributed by atoms with van der Waals surface area (Å²) in [5.41, 5.74) is 2.67. The molecule has 1 aromatic carbocycles. The predicted molar refractivity (Wildman–Crippen MR) is 75.2 cm³/mol. The van der Waals surface area contributed by atoms with Crippen LogP contribution in [0, 0.1) is 16.0 Å². The average molecular weight is 278 g/mol. The van der Waals surface area contributed by atoms with Gasteiger partial charge in [-0.2, -0.15) is 0 Å². The van der Waals surface area contributed by atoms with Gasteiger partial charge in [0.15, 0.2) is 0 Å². The lowest BCUT2D eigenvalue weighted by molar-refractivity contribution is -0.384. The molecule has 0 bridgehead atoms. The number of nitrogen functional groups attached to an aromatic ring is 1. The van der Waals surface area contributed by atoms with Gasteiger partial charge >= 0.3 is 0 Å². The Bertz CT molecular complexity index is 546. The Morgan fingerprint density at radius 3 is 2.70 bits per heavy atom. The van der Waals surface area contributed by atoms with Gasteiger partial charge in [0.25, 0.3) is 11.6 Å². The largest absolute Gasteiger partial charge is 0.336 e. The molecule has 1 aliphatic heterocycles. The van der Waals surface area contributed by atoms with Crippen molar-refractivity contribution in [2.75, 3.05) is 12.0 Å². The standard InChI is InChI=1S/C13H18N4O3/c1-8-5-9(2)16(7-8)13(18)10-3-4-12(17(19)20)11(6-10)15-14/h3-4,6,8-9,15H,5,7,14H2,1-2H3. The molecule has 2 unspecified atom stereocenters. The van der Waals surface area contributed by atoms with Crippen LogP contribution in [-0.2, 0) is 0 Å². The van der Waals surface area contributed by atoms with Crippen molar-refractivity contribution < 1.29 is 9.72 Å². The number of anilines is 1. The van der Waals surface area contributed by atoms with Crippen LogP contribution < -0.4 is 11.3 Å². The molecule has 0 aliphatic carbocycles. The molecule has 1 fully saturated rings. The third-order valence-electron chi connectivity index (χ3n) is 3.64. The van der Waals surface area contributed by atoms with Gasteiger partial charge in [-0.1, -0.05) is 6.92 Å². The number of nitro benzene ring substituents is 1. The molecule has 1 aromatic rings. The minimum absolute atomic E-state index is 0.117. The van der Waals surface area contributed by atoms with Gasteiger partial charge in [0.05, 0.1) is 4.92 Å². The van der Waals surface area contributed by atoms with Crippen LogP contribution in [0.1, 0.15) is 30.6 Å². The van der Waals surface area contributed by atoms with Crippen molar-refractivity contribution in [1.82, 2.24) is 4.90 Å². The average Bonchev–Trinajstić information content (AvgIpc) is 2.75. The lowest BCUT2D eigenvalue weighted by Crippen LogP contribution is -2.34. The fourth-order valence-electron chi connectivity index (χ4n) is 2.69. The van der Waals surface area contributed by atoms with Crippen LogP contribution in [0.25, 0.3) is 0 Å². The van der Waals surface area contributed by atoms with Crippen molar-refractivity contribution >= 4 is 17.3 Å². The first-order valence-electron chi connectivity index (χ1n) is 6.50. The van der Waals surface area contributed by atoms with Gasteiger partial charge < -0.3 is 10.3 Å². The van der Waals surface area contributed by atoms with Gasteiger partial charge in [-0.25, -0.2) is 0 Å². The van der Waals surface area contributed by atoms with Crippen molar-refractivity contribution in [3.63, 3.8) is 0 Å². The van der Waals surface area contributed by atoms with E-state index >= 15 is 0 Å². The maximum absolute atomic E-state index is 12.4. The number of nitro groups is 1. The Kier molecular flexibility index (Phi) is 3.89. The number of rotatable bonds is 3. The van der Waals surface area contributed by atoms with E-state index in [1.807, 2.05) is 6.92 Å². The lowest BCUT2D eigenvalue weighted by atomic mass is 10.1. The monoisotopic (exact) mass is 278 g/mol. The molecule has 0 saturated carbocycles. The number of nitrogens with one attached hydrogen (secondary N) is 1. The second kappa shape index (κ2) is 5.46. The summed E-state index contributed by atoms with van der Waals surface area (Å²) in [6, 6.07) is 4.38. The molecule has 1 aliphatic rings. The summed E-state index contributed by atoms with van der Waals surface area (Å²) >= 11 is 0. The highest BCUT2D eigenvalue weighted by Crippen LogP contribution is 2.28. The van der Waals surface area contributed by atoms with E-state index in [2.05, 4.69) is 12.3 Å². The molecule has 0 spiro atoms. The third kappa shape index (κ3) is 2.57. The first kappa shape index (κ1) is 14.3. The highest BCUT2D eigenvalue weighted by atomic mass is 16.6. The molecule has 0 aromatic heterocycles. The summed E-state index contributed by atoms with van der Waals surface area (Å²) in [6.07, 6.45) is 0.973. The summed E-state index contributed by atoms with van der Waals surface area (Å²) in [4.78, 5) is 24.5. The molecule has 0 radical (unpaired) electrons. The third-order valence-corrected chi connectivity index (χ3v) is 3.64. The number of hydrogen-bond donors (Lipinski definition) is 2. The van der Waals surface area contributed by atoms with Gasteiger partial charge in [0, 0.05) is 24.2 Å². The molecule has 7 nitrogen and oxygen atoms in total. The number of hydrazine groups is 1. The Morgan fingerprint density at radius 2 is 2.20 bits per heavy atom. The van der Waals surface area contributed by atoms with Crippen molar-refractivity contribution in [2.24, 2.45) is 11.8 Å². The zero-order chi connectivity index (χ0) is 14.9. The van der Waals surface area contributed by atoms with Crippen LogP contribution in [0.5, 0.6) is 0 Å². The molecule has 1 saturated heterocycles. The van der Waals surface area contributed by atoms with E-state index in [1.165, 1.54) is 18.2 Å². The number of likely N-dealkylation sites (tertiary alicyclic amines) is 1. The fraction of sp³-hybridized carbons (Fsp3) is 0.462. The van der Waals surface area contributed by atoms with Gasteiger partial charge in [0.2, 0.25) is 0 Å². The summed E-state index contributed by atoms with van der Waals surface area (Å²) in [7, 11) is 0. The molecule has 108 valence electrons. The minimum atomic E-state index is -0.538. The van der Waals surface area contributed by atoms with E-state index in [0.717, 1.165) is 6.42 Å². The molecule has 2 atom stereocenters. The molecule has 20 heavy (non-hydrogen) atoms. The van der Waals surface area contributed by atoms with E-state index in [0.29, 0.717) is 18.0 Å². The SMILES string of the molecule is CC1CC(C)N(C(=O)c2ccc([N+](=O)[O-])c(NN)c2)C1. The maximum atomic E-state index is 12.4. The van der Waals surface area contributed by atoms with Crippen LogP contribution in [0.15, 0.2) is 18.2 Å². The number of hydrogen-bond acceptors (Lipinski definition) is 5.